The number of methoxy groups -OCH3 is 1. The highest BCUT2D eigenvalue weighted by atomic mass is 32.1. The van der Waals surface area contributed by atoms with E-state index in [0.717, 1.165) is 18.7 Å². The number of fused-ring (bicyclic) bond motifs is 1. The minimum Gasteiger partial charge on any atom is -0.466 e. The second-order valence-corrected chi connectivity index (χ2v) is 8.58. The summed E-state index contributed by atoms with van der Waals surface area (Å²) in [4.78, 5) is 28.0. The molecule has 3 heterocycles. The summed E-state index contributed by atoms with van der Waals surface area (Å²) < 4.78 is 10.7. The standard InChI is InChI=1S/C24H26N2O4S/c1-15-20(23(27)29-3)22(19-8-11-31-14-19)21(16(2)25-15)24(28)30-10-9-26-12-17-6-4-5-7-18(17)13-26/h4-8,11,14,22,25H,9-10,12-13H2,1-3H3. The van der Waals surface area contributed by atoms with Gasteiger partial charge in [0.15, 0.2) is 0 Å². The van der Waals surface area contributed by atoms with E-state index in [-0.39, 0.29) is 6.61 Å². The fraction of sp³-hybridized carbons (Fsp3) is 0.333. The van der Waals surface area contributed by atoms with E-state index in [4.69, 9.17) is 9.47 Å². The molecule has 0 radical (unpaired) electrons. The lowest BCUT2D eigenvalue weighted by Crippen LogP contribution is -2.33. The molecule has 1 N–H and O–H groups in total. The molecule has 2 aromatic rings. The van der Waals surface area contributed by atoms with Crippen LogP contribution in [-0.4, -0.2) is 37.1 Å². The van der Waals surface area contributed by atoms with E-state index in [9.17, 15) is 9.59 Å². The number of ether oxygens (including phenoxy) is 2. The highest BCUT2D eigenvalue weighted by molar-refractivity contribution is 7.08. The lowest BCUT2D eigenvalue weighted by Gasteiger charge is -2.29. The second-order valence-electron chi connectivity index (χ2n) is 7.80. The summed E-state index contributed by atoms with van der Waals surface area (Å²) in [5.41, 5.74) is 5.80. The Labute approximate surface area is 186 Å². The summed E-state index contributed by atoms with van der Waals surface area (Å²) in [5.74, 6) is -1.37. The van der Waals surface area contributed by atoms with E-state index in [1.165, 1.54) is 29.6 Å². The third-order valence-corrected chi connectivity index (χ3v) is 6.51. The van der Waals surface area contributed by atoms with Gasteiger partial charge in [-0.25, -0.2) is 9.59 Å². The van der Waals surface area contributed by atoms with Crippen molar-refractivity contribution in [3.05, 3.63) is 80.3 Å². The van der Waals surface area contributed by atoms with Crippen molar-refractivity contribution in [2.24, 2.45) is 0 Å². The van der Waals surface area contributed by atoms with Crippen molar-refractivity contribution < 1.29 is 19.1 Å². The number of nitrogens with zero attached hydrogens (tertiary/aromatic N) is 1. The average molecular weight is 439 g/mol. The number of allylic oxidation sites excluding steroid dienone is 2. The molecule has 7 heteroatoms. The van der Waals surface area contributed by atoms with Gasteiger partial charge in [0.1, 0.15) is 6.61 Å². The summed E-state index contributed by atoms with van der Waals surface area (Å²) in [6, 6.07) is 10.3. The molecule has 0 fully saturated rings. The maximum Gasteiger partial charge on any atom is 0.336 e. The molecule has 1 aromatic carbocycles. The minimum atomic E-state index is -0.511. The number of hydrogen-bond acceptors (Lipinski definition) is 7. The van der Waals surface area contributed by atoms with Crippen molar-refractivity contribution >= 4 is 23.3 Å². The molecule has 2 aliphatic rings. The van der Waals surface area contributed by atoms with Crippen LogP contribution < -0.4 is 5.32 Å². The lowest BCUT2D eigenvalue weighted by molar-refractivity contribution is -0.140. The van der Waals surface area contributed by atoms with Crippen LogP contribution in [0.15, 0.2) is 63.6 Å². The van der Waals surface area contributed by atoms with Crippen molar-refractivity contribution in [1.29, 1.82) is 0 Å². The molecule has 0 aliphatic carbocycles. The summed E-state index contributed by atoms with van der Waals surface area (Å²) in [6.07, 6.45) is 0. The molecule has 31 heavy (non-hydrogen) atoms. The van der Waals surface area contributed by atoms with Gasteiger partial charge < -0.3 is 14.8 Å². The van der Waals surface area contributed by atoms with Crippen LogP contribution in [0.5, 0.6) is 0 Å². The van der Waals surface area contributed by atoms with Crippen molar-refractivity contribution in [1.82, 2.24) is 10.2 Å². The highest BCUT2D eigenvalue weighted by Gasteiger charge is 2.38. The molecule has 0 bridgehead atoms. The topological polar surface area (TPSA) is 67.9 Å². The first-order valence-electron chi connectivity index (χ1n) is 10.2. The van der Waals surface area contributed by atoms with Crippen LogP contribution in [0.25, 0.3) is 0 Å². The van der Waals surface area contributed by atoms with Crippen LogP contribution in [0.3, 0.4) is 0 Å². The monoisotopic (exact) mass is 438 g/mol. The number of carbonyl (C=O) groups excluding carboxylic acids is 2. The van der Waals surface area contributed by atoms with E-state index in [0.29, 0.717) is 29.1 Å². The van der Waals surface area contributed by atoms with Gasteiger partial charge in [-0.2, -0.15) is 11.3 Å². The zero-order valence-corrected chi connectivity index (χ0v) is 18.8. The summed E-state index contributed by atoms with van der Waals surface area (Å²) >= 11 is 1.52. The Morgan fingerprint density at radius 3 is 2.29 bits per heavy atom. The van der Waals surface area contributed by atoms with Gasteiger partial charge >= 0.3 is 11.9 Å². The largest absolute Gasteiger partial charge is 0.466 e. The number of hydrogen-bond donors (Lipinski definition) is 1. The first-order valence-corrected chi connectivity index (χ1v) is 11.2. The van der Waals surface area contributed by atoms with E-state index >= 15 is 0 Å². The van der Waals surface area contributed by atoms with Gasteiger partial charge in [-0.15, -0.1) is 0 Å². The van der Waals surface area contributed by atoms with Crippen LogP contribution in [0, 0.1) is 0 Å². The fourth-order valence-electron chi connectivity index (χ4n) is 4.32. The number of nitrogens with one attached hydrogen (secondary N) is 1. The smallest absolute Gasteiger partial charge is 0.336 e. The van der Waals surface area contributed by atoms with E-state index < -0.39 is 17.9 Å². The minimum absolute atomic E-state index is 0.288. The van der Waals surface area contributed by atoms with Gasteiger partial charge in [0.2, 0.25) is 0 Å². The molecule has 1 atom stereocenters. The molecule has 1 aromatic heterocycles. The van der Waals surface area contributed by atoms with Gasteiger partial charge in [0.25, 0.3) is 0 Å². The van der Waals surface area contributed by atoms with E-state index in [1.807, 2.05) is 42.8 Å². The van der Waals surface area contributed by atoms with Crippen molar-refractivity contribution in [2.45, 2.75) is 32.9 Å². The van der Waals surface area contributed by atoms with E-state index in [2.05, 4.69) is 22.3 Å². The first kappa shape index (κ1) is 21.3. The number of carbonyl (C=O) groups is 2. The quantitative estimate of drug-likeness (QED) is 0.694. The zero-order valence-electron chi connectivity index (χ0n) is 17.9. The Morgan fingerprint density at radius 2 is 1.71 bits per heavy atom. The number of thiophene rings is 1. The van der Waals surface area contributed by atoms with Crippen LogP contribution >= 0.6 is 11.3 Å². The Balaban J connectivity index is 1.48. The Hall–Kier alpha value is -2.90. The highest BCUT2D eigenvalue weighted by Crippen LogP contribution is 2.39. The molecular weight excluding hydrogens is 412 g/mol. The van der Waals surface area contributed by atoms with Crippen LogP contribution in [0.4, 0.5) is 0 Å². The maximum atomic E-state index is 13.2. The van der Waals surface area contributed by atoms with Gasteiger partial charge in [-0.3, -0.25) is 4.90 Å². The summed E-state index contributed by atoms with van der Waals surface area (Å²) in [5, 5.41) is 7.05. The summed E-state index contributed by atoms with van der Waals surface area (Å²) in [7, 11) is 1.35. The van der Waals surface area contributed by atoms with Crippen LogP contribution in [-0.2, 0) is 32.2 Å². The van der Waals surface area contributed by atoms with Gasteiger partial charge in [0, 0.05) is 31.0 Å². The first-order chi connectivity index (χ1) is 15.0. The molecular formula is C24H26N2O4S. The molecule has 1 unspecified atom stereocenters. The molecule has 0 spiro atoms. The molecule has 6 nitrogen and oxygen atoms in total. The lowest BCUT2D eigenvalue weighted by atomic mass is 9.81. The molecule has 0 amide bonds. The SMILES string of the molecule is COC(=O)C1=C(C)NC(C)=C(C(=O)OCCN2Cc3ccccc3C2)C1c1ccsc1. The molecule has 162 valence electrons. The summed E-state index contributed by atoms with van der Waals surface area (Å²) in [6.45, 7) is 6.33. The fourth-order valence-corrected chi connectivity index (χ4v) is 5.01. The number of dihydropyridines is 1. The third kappa shape index (κ3) is 4.29. The second kappa shape index (κ2) is 9.08. The van der Waals surface area contributed by atoms with Crippen LogP contribution in [0.1, 0.15) is 36.5 Å². The number of rotatable bonds is 6. The van der Waals surface area contributed by atoms with Crippen molar-refractivity contribution in [3.63, 3.8) is 0 Å². The molecule has 0 saturated heterocycles. The molecule has 0 saturated carbocycles. The Kier molecular flexibility index (Phi) is 6.25. The van der Waals surface area contributed by atoms with Crippen LogP contribution in [0.2, 0.25) is 0 Å². The number of benzene rings is 1. The van der Waals surface area contributed by atoms with E-state index in [1.54, 1.807) is 0 Å². The van der Waals surface area contributed by atoms with Gasteiger partial charge in [-0.05, 0) is 47.4 Å². The maximum absolute atomic E-state index is 13.2. The Bertz CT molecular complexity index is 1030. The van der Waals surface area contributed by atoms with Crippen molar-refractivity contribution in [2.75, 3.05) is 20.3 Å². The average Bonchev–Trinajstić information content (AvgIpc) is 3.42. The third-order valence-electron chi connectivity index (χ3n) is 5.81. The van der Waals surface area contributed by atoms with Gasteiger partial charge in [0.05, 0.1) is 24.2 Å². The predicted molar refractivity (Wildman–Crippen MR) is 119 cm³/mol. The molecule has 4 rings (SSSR count). The van der Waals surface area contributed by atoms with Crippen molar-refractivity contribution in [3.8, 4) is 0 Å². The van der Waals surface area contributed by atoms with Gasteiger partial charge in [-0.1, -0.05) is 24.3 Å². The number of esters is 2. The molecule has 2 aliphatic heterocycles. The zero-order chi connectivity index (χ0) is 22.0. The predicted octanol–water partition coefficient (Wildman–Crippen LogP) is 3.71. The Morgan fingerprint density at radius 1 is 1.06 bits per heavy atom. The normalized spacial score (nSPS) is 18.6.